The fourth-order valence-electron chi connectivity index (χ4n) is 1.31. The summed E-state index contributed by atoms with van der Waals surface area (Å²) in [6.45, 7) is -1.10. The number of anilines is 1. The van der Waals surface area contributed by atoms with Gasteiger partial charge in [0.15, 0.2) is 6.67 Å². The molecule has 1 amide bonds. The number of carboxylic acids is 1. The van der Waals surface area contributed by atoms with Crippen molar-refractivity contribution in [2.24, 2.45) is 5.73 Å². The first kappa shape index (κ1) is 13.1. The fourth-order valence-corrected chi connectivity index (χ4v) is 1.31. The van der Waals surface area contributed by atoms with E-state index in [0.717, 1.165) is 0 Å². The van der Waals surface area contributed by atoms with Crippen LogP contribution in [0.4, 0.5) is 10.1 Å². The van der Waals surface area contributed by atoms with Crippen molar-refractivity contribution in [1.82, 2.24) is 0 Å². The molecule has 0 aliphatic rings. The summed E-state index contributed by atoms with van der Waals surface area (Å²) in [6, 6.07) is 5.48. The monoisotopic (exact) mass is 240 g/mol. The first-order valence-electron chi connectivity index (χ1n) is 4.96. The lowest BCUT2D eigenvalue weighted by atomic mass is 10.1. The first-order valence-corrected chi connectivity index (χ1v) is 4.96. The Kier molecular flexibility index (Phi) is 4.59. The van der Waals surface area contributed by atoms with Crippen molar-refractivity contribution in [2.75, 3.05) is 12.0 Å². The largest absolute Gasteiger partial charge is 0.480 e. The number of hydrogen-bond acceptors (Lipinski definition) is 3. The van der Waals surface area contributed by atoms with E-state index in [2.05, 4.69) is 5.32 Å². The quantitative estimate of drug-likeness (QED) is 0.700. The molecule has 1 rings (SSSR count). The second-order valence-corrected chi connectivity index (χ2v) is 3.53. The van der Waals surface area contributed by atoms with Gasteiger partial charge in [-0.1, -0.05) is 12.1 Å². The van der Waals surface area contributed by atoms with Crippen molar-refractivity contribution < 1.29 is 19.1 Å². The molecular formula is C11H13FN2O3. The van der Waals surface area contributed by atoms with Crippen molar-refractivity contribution in [2.45, 2.75) is 12.5 Å². The van der Waals surface area contributed by atoms with Crippen LogP contribution in [0.15, 0.2) is 24.3 Å². The minimum absolute atomic E-state index is 0.147. The fraction of sp³-hybridized carbons (Fsp3) is 0.273. The van der Waals surface area contributed by atoms with Gasteiger partial charge in [0.1, 0.15) is 6.04 Å². The van der Waals surface area contributed by atoms with Crippen LogP contribution in [0.3, 0.4) is 0 Å². The summed E-state index contributed by atoms with van der Waals surface area (Å²) in [7, 11) is 0. The maximum Gasteiger partial charge on any atom is 0.320 e. The molecule has 0 aromatic heterocycles. The lowest BCUT2D eigenvalue weighted by molar-refractivity contribution is -0.138. The highest BCUT2D eigenvalue weighted by Gasteiger charge is 2.12. The molecular weight excluding hydrogens is 227 g/mol. The molecule has 17 heavy (non-hydrogen) atoms. The topological polar surface area (TPSA) is 92.4 Å². The average molecular weight is 240 g/mol. The van der Waals surface area contributed by atoms with E-state index in [9.17, 15) is 14.0 Å². The number of amides is 1. The third-order valence-corrected chi connectivity index (χ3v) is 2.10. The highest BCUT2D eigenvalue weighted by atomic mass is 19.1. The van der Waals surface area contributed by atoms with Crippen LogP contribution < -0.4 is 11.1 Å². The van der Waals surface area contributed by atoms with Crippen LogP contribution in [-0.4, -0.2) is 29.7 Å². The number of alkyl halides is 1. The number of carbonyl (C=O) groups excluding carboxylic acids is 1. The molecule has 5 nitrogen and oxygen atoms in total. The van der Waals surface area contributed by atoms with E-state index in [1.807, 2.05) is 0 Å². The Balaban J connectivity index is 2.72. The van der Waals surface area contributed by atoms with E-state index < -0.39 is 24.6 Å². The molecule has 1 unspecified atom stereocenters. The maximum atomic E-state index is 12.0. The molecule has 0 saturated heterocycles. The Hall–Kier alpha value is -1.95. The van der Waals surface area contributed by atoms with Crippen molar-refractivity contribution in [3.05, 3.63) is 29.8 Å². The highest BCUT2D eigenvalue weighted by molar-refractivity contribution is 5.91. The number of hydrogen-bond donors (Lipinski definition) is 3. The molecule has 1 aromatic carbocycles. The molecule has 1 aromatic rings. The second kappa shape index (κ2) is 5.95. The zero-order valence-corrected chi connectivity index (χ0v) is 9.02. The van der Waals surface area contributed by atoms with Crippen LogP contribution >= 0.6 is 0 Å². The van der Waals surface area contributed by atoms with Gasteiger partial charge in [0.25, 0.3) is 5.91 Å². The van der Waals surface area contributed by atoms with Gasteiger partial charge in [-0.25, -0.2) is 4.39 Å². The lowest BCUT2D eigenvalue weighted by Crippen LogP contribution is -2.32. The predicted octanol–water partition coefficient (Wildman–Crippen LogP) is 0.549. The van der Waals surface area contributed by atoms with Crippen LogP contribution in [0.25, 0.3) is 0 Å². The summed E-state index contributed by atoms with van der Waals surface area (Å²) in [4.78, 5) is 21.4. The summed E-state index contributed by atoms with van der Waals surface area (Å²) in [5, 5.41) is 11.0. The first-order chi connectivity index (χ1) is 8.02. The molecule has 0 aliphatic carbocycles. The Bertz CT molecular complexity index is 423. The summed E-state index contributed by atoms with van der Waals surface area (Å²) in [5.74, 6) is -1.84. The Morgan fingerprint density at radius 3 is 2.76 bits per heavy atom. The standard InChI is InChI=1S/C11H13FN2O3/c12-6-10(15)14-8-3-1-2-7(4-8)5-9(13)11(16)17/h1-4,9H,5-6,13H2,(H,14,15)(H,16,17). The smallest absolute Gasteiger partial charge is 0.320 e. The molecule has 1 atom stereocenters. The summed E-state index contributed by atoms with van der Waals surface area (Å²) in [6.07, 6.45) is 0.147. The molecule has 0 spiro atoms. The molecule has 0 fully saturated rings. The van der Waals surface area contributed by atoms with E-state index in [1.54, 1.807) is 24.3 Å². The number of carboxylic acid groups (broad SMARTS) is 1. The second-order valence-electron chi connectivity index (χ2n) is 3.53. The van der Waals surface area contributed by atoms with Crippen LogP contribution in [0.2, 0.25) is 0 Å². The number of nitrogens with two attached hydrogens (primary N) is 1. The van der Waals surface area contributed by atoms with Gasteiger partial charge in [0.05, 0.1) is 0 Å². The zero-order valence-electron chi connectivity index (χ0n) is 9.02. The van der Waals surface area contributed by atoms with Crippen LogP contribution in [0, 0.1) is 0 Å². The number of aliphatic carboxylic acids is 1. The van der Waals surface area contributed by atoms with E-state index in [0.29, 0.717) is 11.3 Å². The van der Waals surface area contributed by atoms with Crippen LogP contribution in [-0.2, 0) is 16.0 Å². The lowest BCUT2D eigenvalue weighted by Gasteiger charge is -2.08. The van der Waals surface area contributed by atoms with Gasteiger partial charge in [-0.15, -0.1) is 0 Å². The van der Waals surface area contributed by atoms with Gasteiger partial charge in [-0.2, -0.15) is 0 Å². The minimum atomic E-state index is -1.10. The number of rotatable bonds is 5. The van der Waals surface area contributed by atoms with Crippen molar-refractivity contribution in [3.63, 3.8) is 0 Å². The Morgan fingerprint density at radius 2 is 2.18 bits per heavy atom. The number of benzene rings is 1. The third kappa shape index (κ3) is 4.20. The summed E-state index contributed by atoms with van der Waals surface area (Å²) in [5.41, 5.74) is 6.46. The van der Waals surface area contributed by atoms with E-state index >= 15 is 0 Å². The third-order valence-electron chi connectivity index (χ3n) is 2.10. The average Bonchev–Trinajstić information content (AvgIpc) is 2.29. The minimum Gasteiger partial charge on any atom is -0.480 e. The summed E-state index contributed by atoms with van der Waals surface area (Å²) < 4.78 is 12.0. The molecule has 0 radical (unpaired) electrons. The molecule has 0 aliphatic heterocycles. The van der Waals surface area contributed by atoms with Crippen molar-refractivity contribution in [3.8, 4) is 0 Å². The van der Waals surface area contributed by atoms with E-state index in [-0.39, 0.29) is 6.42 Å². The SMILES string of the molecule is NC(Cc1cccc(NC(=O)CF)c1)C(=O)O. The zero-order chi connectivity index (χ0) is 12.8. The Labute approximate surface area is 97.4 Å². The van der Waals surface area contributed by atoms with Crippen molar-refractivity contribution in [1.29, 1.82) is 0 Å². The van der Waals surface area contributed by atoms with Gasteiger partial charge in [-0.3, -0.25) is 9.59 Å². The normalized spacial score (nSPS) is 11.9. The van der Waals surface area contributed by atoms with Crippen LogP contribution in [0.5, 0.6) is 0 Å². The number of carbonyl (C=O) groups is 2. The number of nitrogens with one attached hydrogen (secondary N) is 1. The highest BCUT2D eigenvalue weighted by Crippen LogP contribution is 2.12. The molecule has 0 saturated carbocycles. The summed E-state index contributed by atoms with van der Waals surface area (Å²) >= 11 is 0. The van der Waals surface area contributed by atoms with Crippen molar-refractivity contribution >= 4 is 17.6 Å². The van der Waals surface area contributed by atoms with Gasteiger partial charge < -0.3 is 16.2 Å². The molecule has 6 heteroatoms. The molecule has 92 valence electrons. The molecule has 4 N–H and O–H groups in total. The Morgan fingerprint density at radius 1 is 1.47 bits per heavy atom. The number of halogens is 1. The van der Waals surface area contributed by atoms with E-state index in [4.69, 9.17) is 10.8 Å². The molecule has 0 heterocycles. The van der Waals surface area contributed by atoms with Crippen LogP contribution in [0.1, 0.15) is 5.56 Å². The molecule has 0 bridgehead atoms. The van der Waals surface area contributed by atoms with Gasteiger partial charge in [0.2, 0.25) is 0 Å². The maximum absolute atomic E-state index is 12.0. The van der Waals surface area contributed by atoms with Gasteiger partial charge in [-0.05, 0) is 24.1 Å². The van der Waals surface area contributed by atoms with Gasteiger partial charge in [0, 0.05) is 5.69 Å². The van der Waals surface area contributed by atoms with Gasteiger partial charge >= 0.3 is 5.97 Å². The predicted molar refractivity (Wildman–Crippen MR) is 60.4 cm³/mol. The van der Waals surface area contributed by atoms with E-state index in [1.165, 1.54) is 0 Å².